The molecule has 0 atom stereocenters. The first-order valence-corrected chi connectivity index (χ1v) is 8.40. The molecule has 0 amide bonds. The van der Waals surface area contributed by atoms with Crippen molar-refractivity contribution >= 4 is 16.7 Å². The van der Waals surface area contributed by atoms with Gasteiger partial charge in [-0.15, -0.1) is 0 Å². The molecule has 4 rings (SSSR count). The van der Waals surface area contributed by atoms with Crippen molar-refractivity contribution in [1.82, 2.24) is 15.0 Å². The van der Waals surface area contributed by atoms with Gasteiger partial charge in [0, 0.05) is 54.2 Å². The molecule has 0 spiro atoms. The van der Waals surface area contributed by atoms with E-state index in [-0.39, 0.29) is 0 Å². The number of nitrogens with one attached hydrogen (secondary N) is 1. The van der Waals surface area contributed by atoms with Crippen LogP contribution in [0.5, 0.6) is 5.75 Å². The van der Waals surface area contributed by atoms with Crippen molar-refractivity contribution in [1.29, 1.82) is 0 Å². The minimum absolute atomic E-state index is 0.755. The molecule has 130 valence electrons. The van der Waals surface area contributed by atoms with Crippen molar-refractivity contribution in [2.75, 3.05) is 26.1 Å². The van der Waals surface area contributed by atoms with Crippen molar-refractivity contribution in [2.24, 2.45) is 0 Å². The second kappa shape index (κ2) is 6.52. The van der Waals surface area contributed by atoms with Gasteiger partial charge in [0.15, 0.2) is 0 Å². The molecule has 0 aliphatic heterocycles. The maximum atomic E-state index is 5.28. The van der Waals surface area contributed by atoms with Crippen LogP contribution in [-0.4, -0.2) is 36.2 Å². The van der Waals surface area contributed by atoms with E-state index in [1.807, 2.05) is 43.5 Å². The fourth-order valence-electron chi connectivity index (χ4n) is 2.99. The van der Waals surface area contributed by atoms with Crippen LogP contribution < -0.4 is 9.64 Å². The number of aromatic nitrogens is 3. The summed E-state index contributed by atoms with van der Waals surface area (Å²) in [5.74, 6) is 1.69. The summed E-state index contributed by atoms with van der Waals surface area (Å²) in [4.78, 5) is 14.1. The number of benzene rings is 1. The van der Waals surface area contributed by atoms with Crippen molar-refractivity contribution in [2.45, 2.75) is 0 Å². The first-order chi connectivity index (χ1) is 12.6. The van der Waals surface area contributed by atoms with E-state index in [0.717, 1.165) is 44.9 Å². The molecule has 0 bridgehead atoms. The van der Waals surface area contributed by atoms with Gasteiger partial charge < -0.3 is 14.6 Å². The first kappa shape index (κ1) is 16.1. The van der Waals surface area contributed by atoms with Crippen molar-refractivity contribution < 1.29 is 4.74 Å². The number of hydrogen-bond acceptors (Lipinski definition) is 4. The summed E-state index contributed by atoms with van der Waals surface area (Å²) in [7, 11) is 5.64. The number of hydrogen-bond donors (Lipinski definition) is 1. The summed E-state index contributed by atoms with van der Waals surface area (Å²) >= 11 is 0. The monoisotopic (exact) mass is 344 g/mol. The molecule has 3 aromatic heterocycles. The number of fused-ring (bicyclic) bond motifs is 1. The lowest BCUT2D eigenvalue weighted by atomic mass is 10.1. The smallest absolute Gasteiger partial charge is 0.137 e. The number of pyridine rings is 2. The average molecular weight is 344 g/mol. The number of H-pyrrole nitrogens is 1. The Hall–Kier alpha value is -3.34. The lowest BCUT2D eigenvalue weighted by Crippen LogP contribution is -2.10. The molecule has 4 aromatic rings. The van der Waals surface area contributed by atoms with Gasteiger partial charge in [0.05, 0.1) is 13.3 Å². The fourth-order valence-corrected chi connectivity index (χ4v) is 2.99. The van der Waals surface area contributed by atoms with E-state index >= 15 is 0 Å². The van der Waals surface area contributed by atoms with Gasteiger partial charge in [-0.3, -0.25) is 4.98 Å². The number of rotatable bonds is 4. The van der Waals surface area contributed by atoms with Crippen LogP contribution in [0.25, 0.3) is 33.3 Å². The number of anilines is 1. The standard InChI is InChI=1S/C21H20N4O/c1-25(2)21-11-15(6-7-23-21)20-10-16-8-14(4-5-19(16)24-20)17-9-18(26-3)13-22-12-17/h4-13,24H,1-3H3. The van der Waals surface area contributed by atoms with Gasteiger partial charge in [-0.1, -0.05) is 6.07 Å². The molecule has 5 nitrogen and oxygen atoms in total. The van der Waals surface area contributed by atoms with Crippen LogP contribution in [0, 0.1) is 0 Å². The summed E-state index contributed by atoms with van der Waals surface area (Å²) in [5.41, 5.74) is 5.43. The molecule has 5 heteroatoms. The Morgan fingerprint density at radius 2 is 1.81 bits per heavy atom. The Balaban J connectivity index is 1.75. The molecule has 0 unspecified atom stereocenters. The van der Waals surface area contributed by atoms with Crippen molar-refractivity contribution in [3.8, 4) is 28.1 Å². The minimum atomic E-state index is 0.755. The van der Waals surface area contributed by atoms with Gasteiger partial charge in [-0.25, -0.2) is 4.98 Å². The number of ether oxygens (including phenoxy) is 1. The second-order valence-electron chi connectivity index (χ2n) is 6.40. The molecule has 0 fully saturated rings. The molecule has 0 aliphatic carbocycles. The summed E-state index contributed by atoms with van der Waals surface area (Å²) in [6.45, 7) is 0. The van der Waals surface area contributed by atoms with E-state index in [1.54, 1.807) is 13.3 Å². The molecule has 26 heavy (non-hydrogen) atoms. The predicted octanol–water partition coefficient (Wildman–Crippen LogP) is 4.37. The Morgan fingerprint density at radius 3 is 2.62 bits per heavy atom. The maximum absolute atomic E-state index is 5.28. The van der Waals surface area contributed by atoms with Crippen molar-refractivity contribution in [3.05, 3.63) is 61.1 Å². The van der Waals surface area contributed by atoms with Gasteiger partial charge in [-0.05, 0) is 42.0 Å². The average Bonchev–Trinajstić information content (AvgIpc) is 3.11. The lowest BCUT2D eigenvalue weighted by molar-refractivity contribution is 0.413. The van der Waals surface area contributed by atoms with Gasteiger partial charge in [-0.2, -0.15) is 0 Å². The van der Waals surface area contributed by atoms with Crippen LogP contribution in [0.15, 0.2) is 61.1 Å². The molecule has 0 saturated carbocycles. The van der Waals surface area contributed by atoms with Crippen LogP contribution in [0.2, 0.25) is 0 Å². The van der Waals surface area contributed by atoms with Crippen molar-refractivity contribution in [3.63, 3.8) is 0 Å². The zero-order valence-corrected chi connectivity index (χ0v) is 15.0. The molecular weight excluding hydrogens is 324 g/mol. The molecule has 0 radical (unpaired) electrons. The summed E-state index contributed by atoms with van der Waals surface area (Å²) in [6, 6.07) is 14.6. The third-order valence-electron chi connectivity index (χ3n) is 4.42. The van der Waals surface area contributed by atoms with E-state index in [0.29, 0.717) is 0 Å². The van der Waals surface area contributed by atoms with E-state index in [2.05, 4.69) is 45.3 Å². The van der Waals surface area contributed by atoms with Crippen LogP contribution in [0.4, 0.5) is 5.82 Å². The Kier molecular flexibility index (Phi) is 4.05. The zero-order chi connectivity index (χ0) is 18.1. The second-order valence-corrected chi connectivity index (χ2v) is 6.40. The number of nitrogens with zero attached hydrogens (tertiary/aromatic N) is 3. The Bertz CT molecular complexity index is 1070. The minimum Gasteiger partial charge on any atom is -0.495 e. The van der Waals surface area contributed by atoms with Crippen LogP contribution in [0.3, 0.4) is 0 Å². The molecule has 1 N–H and O–H groups in total. The van der Waals surface area contributed by atoms with E-state index in [9.17, 15) is 0 Å². The van der Waals surface area contributed by atoms with Gasteiger partial charge >= 0.3 is 0 Å². The normalized spacial score (nSPS) is 10.9. The highest BCUT2D eigenvalue weighted by Crippen LogP contribution is 2.30. The van der Waals surface area contributed by atoms with Crippen LogP contribution >= 0.6 is 0 Å². The molecular formula is C21H20N4O. The van der Waals surface area contributed by atoms with E-state index in [4.69, 9.17) is 4.74 Å². The first-order valence-electron chi connectivity index (χ1n) is 8.40. The Morgan fingerprint density at radius 1 is 0.923 bits per heavy atom. The quantitative estimate of drug-likeness (QED) is 0.597. The van der Waals surface area contributed by atoms with Gasteiger partial charge in [0.2, 0.25) is 0 Å². The van der Waals surface area contributed by atoms with Crippen LogP contribution in [-0.2, 0) is 0 Å². The van der Waals surface area contributed by atoms with Gasteiger partial charge in [0.25, 0.3) is 0 Å². The third-order valence-corrected chi connectivity index (χ3v) is 4.42. The SMILES string of the molecule is COc1cncc(-c2ccc3[nH]c(-c4ccnc(N(C)C)c4)cc3c2)c1. The lowest BCUT2D eigenvalue weighted by Gasteiger charge is -2.11. The molecule has 0 saturated heterocycles. The third kappa shape index (κ3) is 2.99. The summed E-state index contributed by atoms with van der Waals surface area (Å²) < 4.78 is 5.28. The largest absolute Gasteiger partial charge is 0.495 e. The highest BCUT2D eigenvalue weighted by atomic mass is 16.5. The highest BCUT2D eigenvalue weighted by molar-refractivity contribution is 5.89. The van der Waals surface area contributed by atoms with E-state index < -0.39 is 0 Å². The Labute approximate surface area is 152 Å². The number of methoxy groups -OCH3 is 1. The summed E-state index contributed by atoms with van der Waals surface area (Å²) in [6.07, 6.45) is 5.40. The van der Waals surface area contributed by atoms with Gasteiger partial charge in [0.1, 0.15) is 11.6 Å². The fraction of sp³-hybridized carbons (Fsp3) is 0.143. The topological polar surface area (TPSA) is 54.0 Å². The molecule has 3 heterocycles. The molecule has 1 aromatic carbocycles. The predicted molar refractivity (Wildman–Crippen MR) is 106 cm³/mol. The highest BCUT2D eigenvalue weighted by Gasteiger charge is 2.08. The zero-order valence-electron chi connectivity index (χ0n) is 15.0. The van der Waals surface area contributed by atoms with E-state index in [1.165, 1.54) is 0 Å². The molecule has 0 aliphatic rings. The van der Waals surface area contributed by atoms with Crippen LogP contribution in [0.1, 0.15) is 0 Å². The maximum Gasteiger partial charge on any atom is 0.137 e. The number of aromatic amines is 1. The summed E-state index contributed by atoms with van der Waals surface area (Å²) in [5, 5.41) is 1.16.